The van der Waals surface area contributed by atoms with E-state index in [9.17, 15) is 8.42 Å². The SMILES string of the molecule is CN(C)CCc1c[nH]c2ccc(C=CS(=O)(=O)N(C)C)cc12.O=C(O)C(=O)O. The van der Waals surface area contributed by atoms with Gasteiger partial charge in [-0.25, -0.2) is 22.3 Å². The number of carboxylic acids is 2. The number of aromatic nitrogens is 1. The molecule has 154 valence electrons. The summed E-state index contributed by atoms with van der Waals surface area (Å²) in [5.41, 5.74) is 3.19. The van der Waals surface area contributed by atoms with Crippen LogP contribution in [0.3, 0.4) is 0 Å². The van der Waals surface area contributed by atoms with E-state index in [-0.39, 0.29) is 0 Å². The molecule has 0 bridgehead atoms. The van der Waals surface area contributed by atoms with Gasteiger partial charge in [0.2, 0.25) is 10.0 Å². The van der Waals surface area contributed by atoms with Gasteiger partial charge in [0.25, 0.3) is 0 Å². The van der Waals surface area contributed by atoms with E-state index in [0.29, 0.717) is 0 Å². The highest BCUT2D eigenvalue weighted by Crippen LogP contribution is 2.21. The standard InChI is InChI=1S/C16H23N3O2S.C2H2O4/c1-18(2)9-7-14-12-17-16-6-5-13(11-15(14)16)8-10-22(20,21)19(3)4;3-1(4)2(5)6/h5-6,8,10-12,17H,7,9H2,1-4H3;(H,3,4)(H,5,6). The Labute approximate surface area is 163 Å². The molecule has 28 heavy (non-hydrogen) atoms. The molecule has 0 unspecified atom stereocenters. The van der Waals surface area contributed by atoms with Crippen LogP contribution in [0.15, 0.2) is 29.8 Å². The first-order valence-corrected chi connectivity index (χ1v) is 9.76. The number of aliphatic carboxylic acids is 2. The van der Waals surface area contributed by atoms with E-state index in [0.717, 1.165) is 29.4 Å². The molecule has 1 heterocycles. The highest BCUT2D eigenvalue weighted by molar-refractivity contribution is 7.92. The first-order chi connectivity index (χ1) is 12.9. The van der Waals surface area contributed by atoms with Gasteiger partial charge in [0.15, 0.2) is 0 Å². The number of H-pyrrole nitrogens is 1. The zero-order valence-electron chi connectivity index (χ0n) is 16.2. The zero-order chi connectivity index (χ0) is 21.5. The van der Waals surface area contributed by atoms with Crippen molar-refractivity contribution in [2.45, 2.75) is 6.42 Å². The van der Waals surface area contributed by atoms with Gasteiger partial charge in [0, 0.05) is 43.1 Å². The summed E-state index contributed by atoms with van der Waals surface area (Å²) in [4.78, 5) is 23.6. The van der Waals surface area contributed by atoms with Crippen LogP contribution in [0.1, 0.15) is 11.1 Å². The smallest absolute Gasteiger partial charge is 0.414 e. The molecule has 0 aliphatic rings. The van der Waals surface area contributed by atoms with Crippen LogP contribution in [0.4, 0.5) is 0 Å². The molecule has 3 N–H and O–H groups in total. The minimum Gasteiger partial charge on any atom is -0.473 e. The second kappa shape index (κ2) is 10.0. The van der Waals surface area contributed by atoms with E-state index >= 15 is 0 Å². The summed E-state index contributed by atoms with van der Waals surface area (Å²) in [6.07, 6.45) is 4.62. The van der Waals surface area contributed by atoms with Crippen molar-refractivity contribution in [1.82, 2.24) is 14.2 Å². The van der Waals surface area contributed by atoms with Crippen molar-refractivity contribution in [2.24, 2.45) is 0 Å². The third-order valence-corrected chi connectivity index (χ3v) is 5.24. The number of carboxylic acid groups (broad SMARTS) is 2. The zero-order valence-corrected chi connectivity index (χ0v) is 17.0. The number of hydrogen-bond acceptors (Lipinski definition) is 5. The minimum atomic E-state index is -3.33. The number of benzene rings is 1. The molecule has 0 aliphatic carbocycles. The maximum atomic E-state index is 11.8. The molecule has 0 radical (unpaired) electrons. The first-order valence-electron chi connectivity index (χ1n) is 8.25. The quantitative estimate of drug-likeness (QED) is 0.610. The Morgan fingerprint density at radius 1 is 1.11 bits per heavy atom. The molecule has 10 heteroatoms. The topological polar surface area (TPSA) is 131 Å². The Morgan fingerprint density at radius 3 is 2.21 bits per heavy atom. The fraction of sp³-hybridized carbons (Fsp3) is 0.333. The van der Waals surface area contributed by atoms with Crippen molar-refractivity contribution in [1.29, 1.82) is 0 Å². The van der Waals surface area contributed by atoms with Crippen LogP contribution >= 0.6 is 0 Å². The van der Waals surface area contributed by atoms with Gasteiger partial charge < -0.3 is 20.1 Å². The summed E-state index contributed by atoms with van der Waals surface area (Å²) in [5, 5.41) is 17.2. The molecule has 0 amide bonds. The molecule has 2 aromatic rings. The number of rotatable bonds is 6. The first kappa shape index (κ1) is 23.3. The van der Waals surface area contributed by atoms with Crippen molar-refractivity contribution in [3.63, 3.8) is 0 Å². The van der Waals surface area contributed by atoms with Gasteiger partial charge >= 0.3 is 11.9 Å². The molecular formula is C18H25N3O6S. The van der Waals surface area contributed by atoms with E-state index in [1.54, 1.807) is 6.08 Å². The van der Waals surface area contributed by atoms with Crippen molar-refractivity contribution in [3.05, 3.63) is 40.9 Å². The van der Waals surface area contributed by atoms with E-state index in [1.807, 2.05) is 24.4 Å². The van der Waals surface area contributed by atoms with Crippen LogP contribution in [0, 0.1) is 0 Å². The van der Waals surface area contributed by atoms with Gasteiger partial charge in [-0.15, -0.1) is 0 Å². The monoisotopic (exact) mass is 411 g/mol. The highest BCUT2D eigenvalue weighted by atomic mass is 32.2. The second-order valence-electron chi connectivity index (χ2n) is 6.41. The molecule has 0 fully saturated rings. The Morgan fingerprint density at radius 2 is 1.71 bits per heavy atom. The van der Waals surface area contributed by atoms with E-state index < -0.39 is 22.0 Å². The van der Waals surface area contributed by atoms with Crippen LogP contribution in [-0.4, -0.2) is 79.5 Å². The molecule has 1 aromatic heterocycles. The predicted molar refractivity (Wildman–Crippen MR) is 107 cm³/mol. The fourth-order valence-corrected chi connectivity index (χ4v) is 2.71. The molecule has 0 spiro atoms. The number of carbonyl (C=O) groups is 2. The lowest BCUT2D eigenvalue weighted by molar-refractivity contribution is -0.159. The molecule has 0 saturated carbocycles. The lowest BCUT2D eigenvalue weighted by atomic mass is 10.1. The summed E-state index contributed by atoms with van der Waals surface area (Å²) in [5.74, 6) is -3.65. The van der Waals surface area contributed by atoms with Crippen molar-refractivity contribution >= 4 is 38.9 Å². The Balaban J connectivity index is 0.000000568. The molecule has 0 aliphatic heterocycles. The Bertz CT molecular complexity index is 949. The number of fused-ring (bicyclic) bond motifs is 1. The number of sulfonamides is 1. The number of aromatic amines is 1. The van der Waals surface area contributed by atoms with Crippen molar-refractivity contribution < 1.29 is 28.2 Å². The molecule has 9 nitrogen and oxygen atoms in total. The van der Waals surface area contributed by atoms with Gasteiger partial charge in [-0.2, -0.15) is 0 Å². The van der Waals surface area contributed by atoms with Gasteiger partial charge in [-0.3, -0.25) is 0 Å². The number of nitrogens with zero attached hydrogens (tertiary/aromatic N) is 2. The largest absolute Gasteiger partial charge is 0.473 e. The number of likely N-dealkylation sites (N-methyl/N-ethyl adjacent to an activating group) is 1. The average molecular weight is 411 g/mol. The molecule has 0 saturated heterocycles. The van der Waals surface area contributed by atoms with Crippen molar-refractivity contribution in [3.8, 4) is 0 Å². The van der Waals surface area contributed by atoms with Crippen LogP contribution in [-0.2, 0) is 26.0 Å². The van der Waals surface area contributed by atoms with Crippen LogP contribution in [0.2, 0.25) is 0 Å². The average Bonchev–Trinajstić information content (AvgIpc) is 3.00. The summed E-state index contributed by atoms with van der Waals surface area (Å²) < 4.78 is 24.8. The summed E-state index contributed by atoms with van der Waals surface area (Å²) >= 11 is 0. The highest BCUT2D eigenvalue weighted by Gasteiger charge is 2.09. The summed E-state index contributed by atoms with van der Waals surface area (Å²) in [7, 11) is 3.82. The normalized spacial score (nSPS) is 11.8. The third-order valence-electron chi connectivity index (χ3n) is 3.74. The maximum Gasteiger partial charge on any atom is 0.414 e. The van der Waals surface area contributed by atoms with E-state index in [1.165, 1.54) is 29.4 Å². The lowest BCUT2D eigenvalue weighted by Gasteiger charge is -2.08. The van der Waals surface area contributed by atoms with Crippen molar-refractivity contribution in [2.75, 3.05) is 34.7 Å². The summed E-state index contributed by atoms with van der Waals surface area (Å²) in [6, 6.07) is 5.92. The maximum absolute atomic E-state index is 11.8. The minimum absolute atomic E-state index is 0.878. The molecular weight excluding hydrogens is 386 g/mol. The number of hydrogen-bond donors (Lipinski definition) is 3. The van der Waals surface area contributed by atoms with E-state index in [2.05, 4.69) is 24.0 Å². The molecule has 2 rings (SSSR count). The fourth-order valence-electron chi connectivity index (χ4n) is 2.14. The number of nitrogens with one attached hydrogen (secondary N) is 1. The summed E-state index contributed by atoms with van der Waals surface area (Å²) in [6.45, 7) is 0.974. The molecule has 1 aromatic carbocycles. The van der Waals surface area contributed by atoms with Crippen LogP contribution < -0.4 is 0 Å². The Kier molecular flexibility index (Phi) is 8.35. The third kappa shape index (κ3) is 7.14. The molecule has 0 atom stereocenters. The Hall–Kier alpha value is -2.69. The van der Waals surface area contributed by atoms with Crippen LogP contribution in [0.5, 0.6) is 0 Å². The van der Waals surface area contributed by atoms with Gasteiger partial charge in [0.1, 0.15) is 0 Å². The van der Waals surface area contributed by atoms with Gasteiger partial charge in [-0.05, 0) is 49.9 Å². The van der Waals surface area contributed by atoms with Gasteiger partial charge in [-0.1, -0.05) is 6.07 Å². The van der Waals surface area contributed by atoms with E-state index in [4.69, 9.17) is 19.8 Å². The van der Waals surface area contributed by atoms with Gasteiger partial charge in [0.05, 0.1) is 0 Å². The predicted octanol–water partition coefficient (Wildman–Crippen LogP) is 1.29. The second-order valence-corrected chi connectivity index (χ2v) is 8.45. The lowest BCUT2D eigenvalue weighted by Crippen LogP contribution is -2.19. The van der Waals surface area contributed by atoms with Crippen LogP contribution in [0.25, 0.3) is 17.0 Å².